The zero-order valence-electron chi connectivity index (χ0n) is 12.3. The van der Waals surface area contributed by atoms with Crippen LogP contribution in [0.5, 0.6) is 0 Å². The van der Waals surface area contributed by atoms with Crippen LogP contribution in [0, 0.1) is 5.92 Å². The number of methoxy groups -OCH3 is 1. The highest BCUT2D eigenvalue weighted by molar-refractivity contribution is 5.79. The van der Waals surface area contributed by atoms with Gasteiger partial charge in [0.2, 0.25) is 5.96 Å². The first-order chi connectivity index (χ1) is 9.24. The van der Waals surface area contributed by atoms with Crippen LogP contribution in [-0.4, -0.2) is 43.2 Å². The number of nitrogens with zero attached hydrogens (tertiary/aromatic N) is 2. The van der Waals surface area contributed by atoms with Crippen molar-refractivity contribution in [1.82, 2.24) is 10.3 Å². The summed E-state index contributed by atoms with van der Waals surface area (Å²) < 4.78 is 5.55. The first-order valence-corrected chi connectivity index (χ1v) is 7.56. The van der Waals surface area contributed by atoms with Gasteiger partial charge in [-0.05, 0) is 25.2 Å². The minimum Gasteiger partial charge on any atom is -0.379 e. The van der Waals surface area contributed by atoms with Crippen molar-refractivity contribution >= 4 is 5.96 Å². The standard InChI is InChI=1S/C14H28N4O/c1-11-8-9-18(10-13(11)19-2)14(17-15)16-12-6-4-3-5-7-12/h11-13H,3-10,15H2,1-2H3,(H,16,17). The minimum absolute atomic E-state index is 0.277. The Bertz CT molecular complexity index is 302. The highest BCUT2D eigenvalue weighted by atomic mass is 16.5. The smallest absolute Gasteiger partial charge is 0.208 e. The third-order valence-corrected chi connectivity index (χ3v) is 4.50. The maximum Gasteiger partial charge on any atom is 0.208 e. The Hall–Kier alpha value is -0.810. The third kappa shape index (κ3) is 3.83. The van der Waals surface area contributed by atoms with Gasteiger partial charge in [0, 0.05) is 20.2 Å². The first-order valence-electron chi connectivity index (χ1n) is 7.56. The average Bonchev–Trinajstić information content (AvgIpc) is 2.46. The molecule has 2 unspecified atom stereocenters. The number of hydrazine groups is 1. The molecule has 0 aromatic carbocycles. The van der Waals surface area contributed by atoms with Crippen LogP contribution in [0.4, 0.5) is 0 Å². The van der Waals surface area contributed by atoms with Crippen molar-refractivity contribution in [2.75, 3.05) is 20.2 Å². The molecule has 3 N–H and O–H groups in total. The number of hydrogen-bond donors (Lipinski definition) is 2. The molecule has 1 heterocycles. The van der Waals surface area contributed by atoms with Crippen LogP contribution < -0.4 is 11.3 Å². The molecular formula is C14H28N4O. The van der Waals surface area contributed by atoms with E-state index < -0.39 is 0 Å². The first kappa shape index (κ1) is 14.6. The highest BCUT2D eigenvalue weighted by Gasteiger charge is 2.28. The molecule has 2 fully saturated rings. The molecule has 2 aliphatic rings. The number of likely N-dealkylation sites (tertiary alicyclic amines) is 1. The lowest BCUT2D eigenvalue weighted by Gasteiger charge is -2.38. The molecule has 0 radical (unpaired) electrons. The number of piperidine rings is 1. The summed E-state index contributed by atoms with van der Waals surface area (Å²) in [5, 5.41) is 0. The van der Waals surface area contributed by atoms with Gasteiger partial charge >= 0.3 is 0 Å². The topological polar surface area (TPSA) is 62.9 Å². The van der Waals surface area contributed by atoms with Gasteiger partial charge in [-0.25, -0.2) is 10.8 Å². The largest absolute Gasteiger partial charge is 0.379 e. The van der Waals surface area contributed by atoms with Crippen LogP contribution >= 0.6 is 0 Å². The van der Waals surface area contributed by atoms with Gasteiger partial charge in [0.05, 0.1) is 12.1 Å². The molecule has 5 nitrogen and oxygen atoms in total. The number of nitrogens with one attached hydrogen (secondary N) is 1. The van der Waals surface area contributed by atoms with Crippen molar-refractivity contribution in [3.8, 4) is 0 Å². The lowest BCUT2D eigenvalue weighted by atomic mass is 9.95. The summed E-state index contributed by atoms with van der Waals surface area (Å²) in [6.45, 7) is 4.14. The minimum atomic E-state index is 0.277. The Balaban J connectivity index is 1.98. The zero-order chi connectivity index (χ0) is 13.7. The van der Waals surface area contributed by atoms with E-state index in [1.54, 1.807) is 7.11 Å². The molecule has 0 amide bonds. The van der Waals surface area contributed by atoms with E-state index in [9.17, 15) is 0 Å². The molecule has 110 valence electrons. The normalized spacial score (nSPS) is 30.5. The number of rotatable bonds is 2. The lowest BCUT2D eigenvalue weighted by molar-refractivity contribution is 0.0139. The SMILES string of the molecule is COC1CN(C(=NC2CCCCC2)NN)CCC1C. The van der Waals surface area contributed by atoms with Gasteiger partial charge in [0.1, 0.15) is 0 Å². The summed E-state index contributed by atoms with van der Waals surface area (Å²) in [5.74, 6) is 7.13. The van der Waals surface area contributed by atoms with Crippen molar-refractivity contribution < 1.29 is 4.74 Å². The number of nitrogens with two attached hydrogens (primary N) is 1. The molecule has 0 bridgehead atoms. The molecule has 0 spiro atoms. The van der Waals surface area contributed by atoms with Gasteiger partial charge in [0.25, 0.3) is 0 Å². The fourth-order valence-electron chi connectivity index (χ4n) is 3.13. The Morgan fingerprint density at radius 1 is 1.26 bits per heavy atom. The Morgan fingerprint density at radius 3 is 2.63 bits per heavy atom. The van der Waals surface area contributed by atoms with E-state index >= 15 is 0 Å². The Kier molecular flexibility index (Phi) is 5.45. The van der Waals surface area contributed by atoms with Crippen molar-refractivity contribution in [2.45, 2.75) is 57.6 Å². The van der Waals surface area contributed by atoms with Gasteiger partial charge in [-0.15, -0.1) is 0 Å². The maximum absolute atomic E-state index is 5.68. The molecule has 2 atom stereocenters. The number of aliphatic imine (C=N–C) groups is 1. The van der Waals surface area contributed by atoms with E-state index in [1.165, 1.54) is 32.1 Å². The number of hydrogen-bond acceptors (Lipinski definition) is 3. The predicted octanol–water partition coefficient (Wildman–Crippen LogP) is 1.50. The summed E-state index contributed by atoms with van der Waals surface area (Å²) in [7, 11) is 1.79. The Labute approximate surface area is 116 Å². The molecule has 0 aromatic rings. The van der Waals surface area contributed by atoms with Crippen molar-refractivity contribution in [1.29, 1.82) is 0 Å². The molecule has 0 aromatic heterocycles. The third-order valence-electron chi connectivity index (χ3n) is 4.50. The summed E-state index contributed by atoms with van der Waals surface area (Å²) in [6, 6.07) is 0.445. The van der Waals surface area contributed by atoms with Gasteiger partial charge < -0.3 is 9.64 Å². The van der Waals surface area contributed by atoms with E-state index in [0.717, 1.165) is 25.5 Å². The second-order valence-electron chi connectivity index (χ2n) is 5.88. The van der Waals surface area contributed by atoms with Gasteiger partial charge in [-0.3, -0.25) is 5.43 Å². The molecule has 1 aliphatic heterocycles. The van der Waals surface area contributed by atoms with E-state index in [-0.39, 0.29) is 6.10 Å². The summed E-state index contributed by atoms with van der Waals surface area (Å²) in [4.78, 5) is 7.06. The Morgan fingerprint density at radius 2 is 2.00 bits per heavy atom. The maximum atomic E-state index is 5.68. The van der Waals surface area contributed by atoms with Crippen LogP contribution in [0.25, 0.3) is 0 Å². The lowest BCUT2D eigenvalue weighted by Crippen LogP contribution is -2.53. The highest BCUT2D eigenvalue weighted by Crippen LogP contribution is 2.22. The summed E-state index contributed by atoms with van der Waals surface area (Å²) >= 11 is 0. The fraction of sp³-hybridized carbons (Fsp3) is 0.929. The molecule has 1 aliphatic carbocycles. The zero-order valence-corrected chi connectivity index (χ0v) is 12.3. The quantitative estimate of drug-likeness (QED) is 0.345. The van der Waals surface area contributed by atoms with Gasteiger partial charge in [-0.2, -0.15) is 0 Å². The average molecular weight is 268 g/mol. The van der Waals surface area contributed by atoms with Gasteiger partial charge in [-0.1, -0.05) is 26.2 Å². The summed E-state index contributed by atoms with van der Waals surface area (Å²) in [6.07, 6.45) is 7.74. The van der Waals surface area contributed by atoms with Crippen LogP contribution in [0.2, 0.25) is 0 Å². The number of ether oxygens (including phenoxy) is 1. The second-order valence-corrected chi connectivity index (χ2v) is 5.88. The fourth-order valence-corrected chi connectivity index (χ4v) is 3.13. The van der Waals surface area contributed by atoms with Crippen LogP contribution in [0.1, 0.15) is 45.4 Å². The van der Waals surface area contributed by atoms with E-state index in [1.807, 2.05) is 0 Å². The monoisotopic (exact) mass is 268 g/mol. The second kappa shape index (κ2) is 7.10. The summed E-state index contributed by atoms with van der Waals surface area (Å²) in [5.41, 5.74) is 2.80. The molecule has 1 saturated carbocycles. The van der Waals surface area contributed by atoms with Gasteiger partial charge in [0.15, 0.2) is 0 Å². The van der Waals surface area contributed by atoms with E-state index in [0.29, 0.717) is 12.0 Å². The molecular weight excluding hydrogens is 240 g/mol. The molecule has 19 heavy (non-hydrogen) atoms. The van der Waals surface area contributed by atoms with Crippen LogP contribution in [-0.2, 0) is 4.74 Å². The molecule has 5 heteroatoms. The predicted molar refractivity (Wildman–Crippen MR) is 77.8 cm³/mol. The molecule has 1 saturated heterocycles. The molecule has 2 rings (SSSR count). The van der Waals surface area contributed by atoms with Crippen LogP contribution in [0.15, 0.2) is 4.99 Å². The van der Waals surface area contributed by atoms with E-state index in [4.69, 9.17) is 15.6 Å². The van der Waals surface area contributed by atoms with Crippen molar-refractivity contribution in [3.05, 3.63) is 0 Å². The van der Waals surface area contributed by atoms with Crippen molar-refractivity contribution in [3.63, 3.8) is 0 Å². The van der Waals surface area contributed by atoms with E-state index in [2.05, 4.69) is 17.2 Å². The number of guanidine groups is 1. The van der Waals surface area contributed by atoms with Crippen LogP contribution in [0.3, 0.4) is 0 Å². The van der Waals surface area contributed by atoms with Crippen molar-refractivity contribution in [2.24, 2.45) is 16.8 Å².